The quantitative estimate of drug-likeness (QED) is 0.693. The van der Waals surface area contributed by atoms with Crippen LogP contribution in [0.15, 0.2) is 42.5 Å². The van der Waals surface area contributed by atoms with Crippen molar-refractivity contribution in [2.75, 3.05) is 39.3 Å². The number of nitrogens with zero attached hydrogens (tertiary/aromatic N) is 2. The molecule has 5 nitrogen and oxygen atoms in total. The zero-order chi connectivity index (χ0) is 21.2. The number of hydrogen-bond donors (Lipinski definition) is 1. The van der Waals surface area contributed by atoms with Crippen LogP contribution in [-0.2, 0) is 11.2 Å². The third-order valence-corrected chi connectivity index (χ3v) is 7.16. The largest absolute Gasteiger partial charge is 0.351 e. The summed E-state index contributed by atoms with van der Waals surface area (Å²) in [4.78, 5) is 29.6. The normalized spacial score (nSPS) is 18.6. The van der Waals surface area contributed by atoms with Crippen molar-refractivity contribution in [2.24, 2.45) is 5.92 Å². The van der Waals surface area contributed by atoms with Crippen LogP contribution in [-0.4, -0.2) is 60.9 Å². The first-order valence-corrected chi connectivity index (χ1v) is 11.7. The fourth-order valence-corrected chi connectivity index (χ4v) is 5.34. The lowest BCUT2D eigenvalue weighted by Gasteiger charge is -2.36. The van der Waals surface area contributed by atoms with Gasteiger partial charge in [0, 0.05) is 50.7 Å². The topological polar surface area (TPSA) is 52.7 Å². The molecule has 0 radical (unpaired) electrons. The van der Waals surface area contributed by atoms with Crippen molar-refractivity contribution in [3.63, 3.8) is 0 Å². The Bertz CT molecular complexity index is 972. The van der Waals surface area contributed by atoms with Gasteiger partial charge in [0.15, 0.2) is 0 Å². The molecule has 1 heterocycles. The zero-order valence-electron chi connectivity index (χ0n) is 18.1. The Labute approximate surface area is 184 Å². The van der Waals surface area contributed by atoms with E-state index in [1.165, 1.54) is 35.1 Å². The van der Waals surface area contributed by atoms with Crippen LogP contribution in [0.4, 0.5) is 0 Å². The molecule has 2 aliphatic carbocycles. The second-order valence-corrected chi connectivity index (χ2v) is 9.11. The van der Waals surface area contributed by atoms with Gasteiger partial charge in [-0.15, -0.1) is 0 Å². The van der Waals surface area contributed by atoms with Crippen LogP contribution in [0.3, 0.4) is 0 Å². The van der Waals surface area contributed by atoms with Crippen LogP contribution in [0, 0.1) is 5.92 Å². The molecule has 0 aromatic heterocycles. The Balaban J connectivity index is 1.08. The molecule has 5 rings (SSSR count). The van der Waals surface area contributed by atoms with Gasteiger partial charge in [-0.1, -0.05) is 43.2 Å². The summed E-state index contributed by atoms with van der Waals surface area (Å²) in [6.45, 7) is 4.88. The summed E-state index contributed by atoms with van der Waals surface area (Å²) in [7, 11) is 0. The van der Waals surface area contributed by atoms with Crippen molar-refractivity contribution in [1.29, 1.82) is 0 Å². The van der Waals surface area contributed by atoms with E-state index in [4.69, 9.17) is 0 Å². The van der Waals surface area contributed by atoms with Gasteiger partial charge in [-0.3, -0.25) is 14.5 Å². The second kappa shape index (κ2) is 8.83. The first kappa shape index (κ1) is 20.3. The molecule has 0 atom stereocenters. The SMILES string of the molecule is O=C(NCCN1CCN(C(=O)C2CCCC2)CC1)c1ccc2c(c1)Cc1ccccc1-2. The predicted molar refractivity (Wildman–Crippen MR) is 122 cm³/mol. The van der Waals surface area contributed by atoms with E-state index in [9.17, 15) is 9.59 Å². The van der Waals surface area contributed by atoms with Gasteiger partial charge in [-0.2, -0.15) is 0 Å². The average Bonchev–Trinajstić information content (AvgIpc) is 3.46. The number of rotatable bonds is 5. The summed E-state index contributed by atoms with van der Waals surface area (Å²) in [5, 5.41) is 3.08. The molecule has 1 aliphatic heterocycles. The van der Waals surface area contributed by atoms with Gasteiger partial charge >= 0.3 is 0 Å². The summed E-state index contributed by atoms with van der Waals surface area (Å²) in [6, 6.07) is 14.5. The highest BCUT2D eigenvalue weighted by atomic mass is 16.2. The zero-order valence-corrected chi connectivity index (χ0v) is 18.1. The van der Waals surface area contributed by atoms with Crippen LogP contribution in [0.1, 0.15) is 47.2 Å². The average molecular weight is 418 g/mol. The van der Waals surface area contributed by atoms with Crippen molar-refractivity contribution in [3.05, 3.63) is 59.2 Å². The lowest BCUT2D eigenvalue weighted by molar-refractivity contribution is -0.137. The highest BCUT2D eigenvalue weighted by Crippen LogP contribution is 2.36. The minimum Gasteiger partial charge on any atom is -0.351 e. The summed E-state index contributed by atoms with van der Waals surface area (Å²) in [6.07, 6.45) is 5.44. The number of benzene rings is 2. The van der Waals surface area contributed by atoms with Gasteiger partial charge in [-0.25, -0.2) is 0 Å². The Morgan fingerprint density at radius 3 is 2.45 bits per heavy atom. The number of piperazine rings is 1. The number of amides is 2. The standard InChI is InChI=1S/C26H31N3O2/c30-25(21-9-10-24-22(18-21)17-20-7-3-4-8-23(20)24)27-11-12-28-13-15-29(16-14-28)26(31)19-5-1-2-6-19/h3-4,7-10,18-19H,1-2,5-6,11-17H2,(H,27,30). The van der Waals surface area contributed by atoms with E-state index in [1.807, 2.05) is 17.0 Å². The maximum Gasteiger partial charge on any atom is 0.251 e. The minimum absolute atomic E-state index is 0.00574. The fraction of sp³-hybridized carbons (Fsp3) is 0.462. The molecule has 2 fully saturated rings. The molecule has 0 spiro atoms. The number of nitrogens with one attached hydrogen (secondary N) is 1. The third-order valence-electron chi connectivity index (χ3n) is 7.16. The predicted octanol–water partition coefficient (Wildman–Crippen LogP) is 3.32. The first-order valence-electron chi connectivity index (χ1n) is 11.7. The molecule has 0 unspecified atom stereocenters. The number of carbonyl (C=O) groups is 2. The summed E-state index contributed by atoms with van der Waals surface area (Å²) < 4.78 is 0. The number of hydrogen-bond acceptors (Lipinski definition) is 3. The van der Waals surface area contributed by atoms with Crippen LogP contribution >= 0.6 is 0 Å². The maximum atomic E-state index is 12.7. The number of carbonyl (C=O) groups excluding carboxylic acids is 2. The Kier molecular flexibility index (Phi) is 5.77. The third kappa shape index (κ3) is 4.24. The molecule has 2 amide bonds. The second-order valence-electron chi connectivity index (χ2n) is 9.11. The van der Waals surface area contributed by atoms with Gasteiger partial charge < -0.3 is 10.2 Å². The number of fused-ring (bicyclic) bond motifs is 3. The van der Waals surface area contributed by atoms with Gasteiger partial charge in [-0.05, 0) is 53.6 Å². The molecular formula is C26H31N3O2. The van der Waals surface area contributed by atoms with E-state index in [0.29, 0.717) is 12.5 Å². The molecule has 5 heteroatoms. The van der Waals surface area contributed by atoms with E-state index >= 15 is 0 Å². The molecule has 162 valence electrons. The molecular weight excluding hydrogens is 386 g/mol. The maximum absolute atomic E-state index is 12.7. The van der Waals surface area contributed by atoms with E-state index in [1.54, 1.807) is 0 Å². The lowest BCUT2D eigenvalue weighted by atomic mass is 10.0. The highest BCUT2D eigenvalue weighted by molar-refractivity contribution is 5.95. The molecule has 2 aromatic carbocycles. The highest BCUT2D eigenvalue weighted by Gasteiger charge is 2.29. The van der Waals surface area contributed by atoms with E-state index in [2.05, 4.69) is 40.5 Å². The Morgan fingerprint density at radius 1 is 0.903 bits per heavy atom. The van der Waals surface area contributed by atoms with E-state index in [-0.39, 0.29) is 11.8 Å². The van der Waals surface area contributed by atoms with Crippen LogP contribution in [0.5, 0.6) is 0 Å². The van der Waals surface area contributed by atoms with Crippen LogP contribution in [0.2, 0.25) is 0 Å². The van der Waals surface area contributed by atoms with Crippen molar-refractivity contribution in [3.8, 4) is 11.1 Å². The fourth-order valence-electron chi connectivity index (χ4n) is 5.34. The van der Waals surface area contributed by atoms with Crippen molar-refractivity contribution < 1.29 is 9.59 Å². The molecule has 0 bridgehead atoms. The summed E-state index contributed by atoms with van der Waals surface area (Å²) in [5.74, 6) is 0.629. The van der Waals surface area contributed by atoms with E-state index in [0.717, 1.165) is 57.5 Å². The van der Waals surface area contributed by atoms with Crippen LogP contribution in [0.25, 0.3) is 11.1 Å². The molecule has 3 aliphatic rings. The molecule has 1 saturated carbocycles. The van der Waals surface area contributed by atoms with Gasteiger partial charge in [0.25, 0.3) is 5.91 Å². The van der Waals surface area contributed by atoms with Gasteiger partial charge in [0.05, 0.1) is 0 Å². The summed E-state index contributed by atoms with van der Waals surface area (Å²) >= 11 is 0. The van der Waals surface area contributed by atoms with E-state index < -0.39 is 0 Å². The lowest BCUT2D eigenvalue weighted by Crippen LogP contribution is -2.51. The monoisotopic (exact) mass is 417 g/mol. The molecule has 1 N–H and O–H groups in total. The van der Waals surface area contributed by atoms with Crippen molar-refractivity contribution in [1.82, 2.24) is 15.1 Å². The Morgan fingerprint density at radius 2 is 1.65 bits per heavy atom. The van der Waals surface area contributed by atoms with Crippen LogP contribution < -0.4 is 5.32 Å². The Hall–Kier alpha value is -2.66. The minimum atomic E-state index is -0.00574. The summed E-state index contributed by atoms with van der Waals surface area (Å²) in [5.41, 5.74) is 5.84. The smallest absolute Gasteiger partial charge is 0.251 e. The molecule has 2 aromatic rings. The first-order chi connectivity index (χ1) is 15.2. The van der Waals surface area contributed by atoms with Gasteiger partial charge in [0.1, 0.15) is 0 Å². The molecule has 31 heavy (non-hydrogen) atoms. The van der Waals surface area contributed by atoms with Crippen molar-refractivity contribution >= 4 is 11.8 Å². The van der Waals surface area contributed by atoms with Crippen molar-refractivity contribution in [2.45, 2.75) is 32.1 Å². The molecule has 1 saturated heterocycles. The van der Waals surface area contributed by atoms with Gasteiger partial charge in [0.2, 0.25) is 5.91 Å².